The van der Waals surface area contributed by atoms with Crippen LogP contribution >= 0.6 is 0 Å². The van der Waals surface area contributed by atoms with E-state index >= 15 is 0 Å². The van der Waals surface area contributed by atoms with Gasteiger partial charge < -0.3 is 14.4 Å². The minimum Gasteiger partial charge on any atom is -0.494 e. The van der Waals surface area contributed by atoms with Crippen molar-refractivity contribution in [1.29, 1.82) is 0 Å². The Morgan fingerprint density at radius 1 is 1.07 bits per heavy atom. The number of methoxy groups -OCH3 is 1. The number of ketones is 1. The summed E-state index contributed by atoms with van der Waals surface area (Å²) in [5.74, 6) is -0.612. The van der Waals surface area contributed by atoms with Crippen LogP contribution in [-0.4, -0.2) is 36.0 Å². The molecule has 1 amide bonds. The first-order valence-electron chi connectivity index (χ1n) is 9.93. The molecule has 4 rings (SSSR count). The van der Waals surface area contributed by atoms with Crippen LogP contribution in [0.3, 0.4) is 0 Å². The maximum atomic E-state index is 13.7. The molecule has 2 aliphatic heterocycles. The zero-order chi connectivity index (χ0) is 20.4. The molecule has 0 N–H and O–H groups in total. The summed E-state index contributed by atoms with van der Waals surface area (Å²) in [5, 5.41) is 0. The number of hydrogen-bond donors (Lipinski definition) is 0. The number of Topliss-reactive ketones (excluding diaryl/α,β-unsaturated/α-hetero) is 1. The predicted octanol–water partition coefficient (Wildman–Crippen LogP) is 4.60. The molecule has 0 spiro atoms. The maximum absolute atomic E-state index is 13.7. The van der Waals surface area contributed by atoms with Crippen molar-refractivity contribution in [1.82, 2.24) is 4.90 Å². The third kappa shape index (κ3) is 3.97. The van der Waals surface area contributed by atoms with Crippen LogP contribution in [0, 0.1) is 11.7 Å². The summed E-state index contributed by atoms with van der Waals surface area (Å²) in [5.41, 5.74) is 1.40. The van der Waals surface area contributed by atoms with Crippen molar-refractivity contribution < 1.29 is 23.5 Å². The van der Waals surface area contributed by atoms with Gasteiger partial charge in [-0.3, -0.25) is 4.79 Å². The Morgan fingerprint density at radius 3 is 2.41 bits per heavy atom. The lowest BCUT2D eigenvalue weighted by Gasteiger charge is -2.37. The third-order valence-electron chi connectivity index (χ3n) is 5.96. The Bertz CT molecular complexity index is 887. The van der Waals surface area contributed by atoms with Crippen LogP contribution in [0.25, 0.3) is 0 Å². The van der Waals surface area contributed by atoms with E-state index in [1.54, 1.807) is 0 Å². The van der Waals surface area contributed by atoms with Gasteiger partial charge in [-0.25, -0.2) is 9.18 Å². The minimum absolute atomic E-state index is 0.00770. The highest BCUT2D eigenvalue weighted by molar-refractivity contribution is 5.98. The fraction of sp³-hybridized carbons (Fsp3) is 0.391. The Labute approximate surface area is 169 Å². The number of rotatable bonds is 5. The average Bonchev–Trinajstić information content (AvgIpc) is 3.02. The summed E-state index contributed by atoms with van der Waals surface area (Å²) in [4.78, 5) is 27.5. The van der Waals surface area contributed by atoms with Gasteiger partial charge in [0.2, 0.25) is 0 Å². The second kappa shape index (κ2) is 8.23. The summed E-state index contributed by atoms with van der Waals surface area (Å²) in [6, 6.07) is 13.8. The van der Waals surface area contributed by atoms with Crippen molar-refractivity contribution in [2.24, 2.45) is 5.92 Å². The van der Waals surface area contributed by atoms with E-state index in [0.717, 1.165) is 18.4 Å². The molecule has 29 heavy (non-hydrogen) atoms. The van der Waals surface area contributed by atoms with Crippen molar-refractivity contribution in [3.8, 4) is 5.75 Å². The largest absolute Gasteiger partial charge is 0.494 e. The number of amides is 1. The first kappa shape index (κ1) is 19.4. The van der Waals surface area contributed by atoms with E-state index < -0.39 is 5.82 Å². The molecular formula is C23H24FNO4. The molecule has 0 aliphatic carbocycles. The Morgan fingerprint density at radius 2 is 1.76 bits per heavy atom. The molecule has 2 unspecified atom stereocenters. The zero-order valence-corrected chi connectivity index (χ0v) is 16.3. The molecular weight excluding hydrogens is 373 g/mol. The quantitative estimate of drug-likeness (QED) is 0.692. The number of fused-ring (bicyclic) bond motifs is 2. The average molecular weight is 397 g/mol. The molecule has 2 aromatic rings. The molecule has 0 saturated carbocycles. The molecule has 2 heterocycles. The highest BCUT2D eigenvalue weighted by Gasteiger charge is 2.46. The molecule has 2 aromatic carbocycles. The zero-order valence-electron chi connectivity index (χ0n) is 16.3. The number of carbonyl (C=O) groups is 2. The van der Waals surface area contributed by atoms with Gasteiger partial charge in [-0.2, -0.15) is 0 Å². The first-order valence-corrected chi connectivity index (χ1v) is 9.93. The summed E-state index contributed by atoms with van der Waals surface area (Å²) < 4.78 is 24.2. The van der Waals surface area contributed by atoms with Crippen LogP contribution in [-0.2, 0) is 11.3 Å². The van der Waals surface area contributed by atoms with Gasteiger partial charge >= 0.3 is 6.09 Å². The summed E-state index contributed by atoms with van der Waals surface area (Å²) in [6.45, 7) is 0.243. The van der Waals surface area contributed by atoms with E-state index in [-0.39, 0.29) is 42.2 Å². The van der Waals surface area contributed by atoms with Crippen LogP contribution in [0.15, 0.2) is 48.5 Å². The van der Waals surface area contributed by atoms with Gasteiger partial charge in [-0.15, -0.1) is 0 Å². The second-order valence-electron chi connectivity index (χ2n) is 7.71. The molecule has 2 bridgehead atoms. The van der Waals surface area contributed by atoms with E-state index in [0.29, 0.717) is 18.4 Å². The molecule has 0 aromatic heterocycles. The third-order valence-corrected chi connectivity index (χ3v) is 5.96. The lowest BCUT2D eigenvalue weighted by Crippen LogP contribution is -2.48. The second-order valence-corrected chi connectivity index (χ2v) is 7.71. The number of halogens is 1. The van der Waals surface area contributed by atoms with Gasteiger partial charge in [-0.05, 0) is 49.4 Å². The van der Waals surface area contributed by atoms with Crippen LogP contribution in [0.2, 0.25) is 0 Å². The predicted molar refractivity (Wildman–Crippen MR) is 105 cm³/mol. The number of hydrogen-bond acceptors (Lipinski definition) is 4. The van der Waals surface area contributed by atoms with Crippen LogP contribution in [0.5, 0.6) is 5.75 Å². The fourth-order valence-corrected chi connectivity index (χ4v) is 4.53. The van der Waals surface area contributed by atoms with Gasteiger partial charge in [0.25, 0.3) is 0 Å². The van der Waals surface area contributed by atoms with Crippen molar-refractivity contribution >= 4 is 11.9 Å². The molecule has 6 heteroatoms. The fourth-order valence-electron chi connectivity index (χ4n) is 4.53. The number of piperidine rings is 1. The molecule has 152 valence electrons. The molecule has 2 atom stereocenters. The lowest BCUT2D eigenvalue weighted by atomic mass is 9.85. The minimum atomic E-state index is -0.486. The van der Waals surface area contributed by atoms with Crippen LogP contribution in [0.1, 0.15) is 41.6 Å². The number of nitrogens with zero attached hydrogens (tertiary/aromatic N) is 1. The Kier molecular flexibility index (Phi) is 5.51. The van der Waals surface area contributed by atoms with E-state index in [2.05, 4.69) is 0 Å². The van der Waals surface area contributed by atoms with Crippen LogP contribution in [0.4, 0.5) is 9.18 Å². The maximum Gasteiger partial charge on any atom is 0.410 e. The van der Waals surface area contributed by atoms with Gasteiger partial charge in [0.05, 0.1) is 7.11 Å². The van der Waals surface area contributed by atoms with Crippen molar-refractivity contribution in [3.63, 3.8) is 0 Å². The Hall–Kier alpha value is -2.89. The van der Waals surface area contributed by atoms with Crippen molar-refractivity contribution in [2.75, 3.05) is 7.11 Å². The molecule has 0 radical (unpaired) electrons. The SMILES string of the molecule is COc1cc(C(=O)C2CC3CCC(C2)N3C(=O)OCc2ccccc2)ccc1F. The van der Waals surface area contributed by atoms with Gasteiger partial charge in [-0.1, -0.05) is 30.3 Å². The summed E-state index contributed by atoms with van der Waals surface area (Å²) in [6.07, 6.45) is 2.66. The normalized spacial score (nSPS) is 23.0. The monoisotopic (exact) mass is 397 g/mol. The van der Waals surface area contributed by atoms with Gasteiger partial charge in [0.15, 0.2) is 17.3 Å². The molecule has 2 aliphatic rings. The summed E-state index contributed by atoms with van der Waals surface area (Å²) in [7, 11) is 1.38. The molecule has 5 nitrogen and oxygen atoms in total. The number of carbonyl (C=O) groups excluding carboxylic acids is 2. The van der Waals surface area contributed by atoms with Gasteiger partial charge in [0, 0.05) is 23.6 Å². The smallest absolute Gasteiger partial charge is 0.410 e. The first-order chi connectivity index (χ1) is 14.1. The number of ether oxygens (including phenoxy) is 2. The van der Waals surface area contributed by atoms with E-state index in [4.69, 9.17) is 9.47 Å². The van der Waals surface area contributed by atoms with E-state index in [1.165, 1.54) is 25.3 Å². The number of benzene rings is 2. The lowest BCUT2D eigenvalue weighted by molar-refractivity contribution is 0.0485. The Balaban J connectivity index is 1.41. The van der Waals surface area contributed by atoms with Crippen molar-refractivity contribution in [2.45, 2.75) is 44.4 Å². The van der Waals surface area contributed by atoms with E-state index in [1.807, 2.05) is 35.2 Å². The topological polar surface area (TPSA) is 55.8 Å². The highest BCUT2D eigenvalue weighted by atomic mass is 19.1. The van der Waals surface area contributed by atoms with Gasteiger partial charge in [0.1, 0.15) is 6.61 Å². The van der Waals surface area contributed by atoms with E-state index in [9.17, 15) is 14.0 Å². The van der Waals surface area contributed by atoms with Crippen molar-refractivity contribution in [3.05, 3.63) is 65.5 Å². The van der Waals surface area contributed by atoms with Crippen LogP contribution < -0.4 is 4.74 Å². The standard InChI is InChI=1S/C23H24FNO4/c1-28-21-13-16(7-10-20(21)24)22(26)17-11-18-8-9-19(12-17)25(18)23(27)29-14-15-5-3-2-4-6-15/h2-7,10,13,17-19H,8-9,11-12,14H2,1H3. The molecule has 2 fully saturated rings. The molecule has 2 saturated heterocycles. The summed E-state index contributed by atoms with van der Waals surface area (Å²) >= 11 is 0. The highest BCUT2D eigenvalue weighted by Crippen LogP contribution is 2.40.